The Kier molecular flexibility index (Phi) is 13.4. The minimum absolute atomic E-state index is 0.0742. The van der Waals surface area contributed by atoms with Crippen molar-refractivity contribution < 1.29 is 57.2 Å². The summed E-state index contributed by atoms with van der Waals surface area (Å²) in [7, 11) is 0. The van der Waals surface area contributed by atoms with Crippen LogP contribution in [-0.4, -0.2) is 73.9 Å². The van der Waals surface area contributed by atoms with E-state index < -0.39 is 54.1 Å². The Hall–Kier alpha value is -3.96. The molecule has 0 bridgehead atoms. The topological polar surface area (TPSA) is 158 Å². The molecule has 3 unspecified atom stereocenters. The highest BCUT2D eigenvalue weighted by atomic mass is 16.6. The maximum absolute atomic E-state index is 12.2. The number of ether oxygens (including phenoxy) is 6. The molecular weight excluding hydrogens is 492 g/mol. The van der Waals surface area contributed by atoms with Crippen molar-refractivity contribution in [2.24, 2.45) is 0 Å². The summed E-state index contributed by atoms with van der Waals surface area (Å²) in [6, 6.07) is 5.51. The van der Waals surface area contributed by atoms with Crippen molar-refractivity contribution in [2.75, 3.05) is 19.8 Å². The van der Waals surface area contributed by atoms with Gasteiger partial charge in [-0.15, -0.1) is 0 Å². The first kappa shape index (κ1) is 31.1. The summed E-state index contributed by atoms with van der Waals surface area (Å²) in [4.78, 5) is 69.6. The highest BCUT2D eigenvalue weighted by Gasteiger charge is 2.18. The SMILES string of the molecule is CC(=O)OCC(C)OC(=O)c1ccc(C(=O)OCC(C)OC(=O)CCC(=O)OCC(C)OC(C)=O)cc1. The zero-order valence-electron chi connectivity index (χ0n) is 21.5. The second kappa shape index (κ2) is 15.9. The number of carbonyl (C=O) groups excluding carboxylic acids is 6. The molecule has 204 valence electrons. The standard InChI is InChI=1S/C25H32O12/c1-15(35-19(5)27)13-33-22(28)10-11-23(29)36-16(2)14-34-24(30)20-6-8-21(9-7-20)25(31)37-17(3)12-32-18(4)26/h6-9,15-17H,10-14H2,1-5H3. The van der Waals surface area contributed by atoms with Crippen LogP contribution in [0.5, 0.6) is 0 Å². The van der Waals surface area contributed by atoms with Crippen LogP contribution in [-0.2, 0) is 47.6 Å². The van der Waals surface area contributed by atoms with Crippen LogP contribution >= 0.6 is 0 Å². The Morgan fingerprint density at radius 2 is 1.03 bits per heavy atom. The number of esters is 6. The van der Waals surface area contributed by atoms with E-state index in [0.29, 0.717) is 0 Å². The third kappa shape index (κ3) is 13.6. The van der Waals surface area contributed by atoms with Gasteiger partial charge in [-0.05, 0) is 45.0 Å². The predicted molar refractivity (Wildman–Crippen MR) is 125 cm³/mol. The quantitative estimate of drug-likeness (QED) is 0.258. The molecule has 0 radical (unpaired) electrons. The zero-order valence-corrected chi connectivity index (χ0v) is 21.5. The molecule has 1 aromatic rings. The van der Waals surface area contributed by atoms with Crippen LogP contribution in [0.3, 0.4) is 0 Å². The molecule has 0 amide bonds. The average Bonchev–Trinajstić information content (AvgIpc) is 2.83. The van der Waals surface area contributed by atoms with Gasteiger partial charge in [-0.25, -0.2) is 9.59 Å². The van der Waals surface area contributed by atoms with Gasteiger partial charge in [-0.2, -0.15) is 0 Å². The van der Waals surface area contributed by atoms with E-state index in [1.165, 1.54) is 45.0 Å². The first-order valence-corrected chi connectivity index (χ1v) is 11.5. The van der Waals surface area contributed by atoms with E-state index in [-0.39, 0.29) is 43.8 Å². The minimum atomic E-state index is -0.774. The normalized spacial score (nSPS) is 12.8. The van der Waals surface area contributed by atoms with Crippen molar-refractivity contribution >= 4 is 35.8 Å². The molecule has 0 aliphatic carbocycles. The number of benzene rings is 1. The molecule has 0 aliphatic heterocycles. The molecular formula is C25H32O12. The molecule has 0 saturated carbocycles. The summed E-state index contributed by atoms with van der Waals surface area (Å²) in [6.45, 7) is 6.69. The van der Waals surface area contributed by atoms with E-state index in [0.717, 1.165) is 0 Å². The van der Waals surface area contributed by atoms with Crippen LogP contribution in [0.25, 0.3) is 0 Å². The van der Waals surface area contributed by atoms with Crippen LogP contribution in [0, 0.1) is 0 Å². The van der Waals surface area contributed by atoms with Crippen molar-refractivity contribution in [1.82, 2.24) is 0 Å². The van der Waals surface area contributed by atoms with Gasteiger partial charge in [-0.1, -0.05) is 0 Å². The minimum Gasteiger partial charge on any atom is -0.462 e. The third-order valence-electron chi connectivity index (χ3n) is 4.35. The van der Waals surface area contributed by atoms with Gasteiger partial charge in [0, 0.05) is 13.8 Å². The van der Waals surface area contributed by atoms with Gasteiger partial charge < -0.3 is 28.4 Å². The highest BCUT2D eigenvalue weighted by molar-refractivity contribution is 5.93. The molecule has 0 aliphatic rings. The number of carbonyl (C=O) groups is 6. The summed E-state index contributed by atoms with van der Waals surface area (Å²) >= 11 is 0. The van der Waals surface area contributed by atoms with E-state index >= 15 is 0 Å². The Bertz CT molecular complexity index is 953. The zero-order chi connectivity index (χ0) is 28.0. The summed E-state index contributed by atoms with van der Waals surface area (Å²) in [6.07, 6.45) is -2.49. The van der Waals surface area contributed by atoms with E-state index in [9.17, 15) is 28.8 Å². The second-order valence-corrected chi connectivity index (χ2v) is 8.10. The highest BCUT2D eigenvalue weighted by Crippen LogP contribution is 2.10. The molecule has 0 spiro atoms. The van der Waals surface area contributed by atoms with E-state index in [1.807, 2.05) is 0 Å². The van der Waals surface area contributed by atoms with Crippen LogP contribution in [0.4, 0.5) is 0 Å². The molecule has 37 heavy (non-hydrogen) atoms. The molecule has 0 N–H and O–H groups in total. The van der Waals surface area contributed by atoms with E-state index in [1.54, 1.807) is 13.8 Å². The first-order valence-electron chi connectivity index (χ1n) is 11.5. The smallest absolute Gasteiger partial charge is 0.338 e. The third-order valence-corrected chi connectivity index (χ3v) is 4.35. The van der Waals surface area contributed by atoms with Gasteiger partial charge in [-0.3, -0.25) is 19.2 Å². The Labute approximate surface area is 214 Å². The average molecular weight is 525 g/mol. The van der Waals surface area contributed by atoms with Gasteiger partial charge in [0.1, 0.15) is 38.1 Å². The Morgan fingerprint density at radius 1 is 0.568 bits per heavy atom. The molecule has 0 aromatic heterocycles. The van der Waals surface area contributed by atoms with Gasteiger partial charge in [0.05, 0.1) is 24.0 Å². The van der Waals surface area contributed by atoms with Crippen LogP contribution < -0.4 is 0 Å². The Morgan fingerprint density at radius 3 is 1.59 bits per heavy atom. The predicted octanol–water partition coefficient (Wildman–Crippen LogP) is 2.16. The van der Waals surface area contributed by atoms with Crippen molar-refractivity contribution in [3.63, 3.8) is 0 Å². The van der Waals surface area contributed by atoms with Crippen LogP contribution in [0.1, 0.15) is 68.2 Å². The fraction of sp³-hybridized carbons (Fsp3) is 0.520. The lowest BCUT2D eigenvalue weighted by molar-refractivity contribution is -0.158. The number of hydrogen-bond acceptors (Lipinski definition) is 12. The second-order valence-electron chi connectivity index (χ2n) is 8.10. The molecule has 0 saturated heterocycles. The molecule has 12 nitrogen and oxygen atoms in total. The molecule has 0 fully saturated rings. The Balaban J connectivity index is 2.37. The number of rotatable bonds is 14. The number of hydrogen-bond donors (Lipinski definition) is 0. The van der Waals surface area contributed by atoms with Crippen molar-refractivity contribution in [3.05, 3.63) is 35.4 Å². The van der Waals surface area contributed by atoms with Crippen LogP contribution in [0.15, 0.2) is 24.3 Å². The molecule has 1 rings (SSSR count). The van der Waals surface area contributed by atoms with Crippen molar-refractivity contribution in [3.8, 4) is 0 Å². The maximum atomic E-state index is 12.2. The molecule has 3 atom stereocenters. The van der Waals surface area contributed by atoms with Gasteiger partial charge in [0.25, 0.3) is 0 Å². The largest absolute Gasteiger partial charge is 0.462 e. The summed E-state index contributed by atoms with van der Waals surface area (Å²) < 4.78 is 29.9. The van der Waals surface area contributed by atoms with Gasteiger partial charge >= 0.3 is 35.8 Å². The van der Waals surface area contributed by atoms with E-state index in [4.69, 9.17) is 28.4 Å². The van der Waals surface area contributed by atoms with Crippen molar-refractivity contribution in [2.45, 2.75) is 65.8 Å². The first-order chi connectivity index (χ1) is 17.4. The van der Waals surface area contributed by atoms with Crippen LogP contribution in [0.2, 0.25) is 0 Å². The molecule has 0 heterocycles. The lowest BCUT2D eigenvalue weighted by Gasteiger charge is -2.14. The molecule has 12 heteroatoms. The van der Waals surface area contributed by atoms with E-state index in [2.05, 4.69) is 0 Å². The molecule has 1 aromatic carbocycles. The monoisotopic (exact) mass is 524 g/mol. The fourth-order valence-corrected chi connectivity index (χ4v) is 2.66. The fourth-order valence-electron chi connectivity index (χ4n) is 2.66. The summed E-state index contributed by atoms with van der Waals surface area (Å²) in [5.74, 6) is -3.67. The summed E-state index contributed by atoms with van der Waals surface area (Å²) in [5.41, 5.74) is 0.349. The van der Waals surface area contributed by atoms with Crippen molar-refractivity contribution in [1.29, 1.82) is 0 Å². The maximum Gasteiger partial charge on any atom is 0.338 e. The lowest BCUT2D eigenvalue weighted by Crippen LogP contribution is -2.24. The van der Waals surface area contributed by atoms with Gasteiger partial charge in [0.15, 0.2) is 0 Å². The lowest BCUT2D eigenvalue weighted by atomic mass is 10.1. The summed E-state index contributed by atoms with van der Waals surface area (Å²) in [5, 5.41) is 0. The van der Waals surface area contributed by atoms with Gasteiger partial charge in [0.2, 0.25) is 0 Å².